The molecule has 2 rings (SSSR count). The topological polar surface area (TPSA) is 44.4 Å². The Hall–Kier alpha value is -0.610. The van der Waals surface area contributed by atoms with E-state index in [1.54, 1.807) is 0 Å². The summed E-state index contributed by atoms with van der Waals surface area (Å²) in [6.07, 6.45) is 8.18. The van der Waals surface area contributed by atoms with Crippen molar-refractivity contribution in [1.29, 1.82) is 0 Å². The van der Waals surface area contributed by atoms with E-state index in [9.17, 15) is 4.79 Å². The lowest BCUT2D eigenvalue weighted by Gasteiger charge is -2.33. The standard InChI is InChI=1S/C15H29N3O/c1-2-3-10-18-11-7-13(8-12-18)17-15(19)14-6-4-5-9-16-14/h13-14,16H,2-12H2,1H3,(H,17,19)/t14-/m1/s1. The molecule has 2 fully saturated rings. The molecule has 2 heterocycles. The Morgan fingerprint density at radius 2 is 2.05 bits per heavy atom. The van der Waals surface area contributed by atoms with Gasteiger partial charge in [-0.15, -0.1) is 0 Å². The molecule has 1 atom stereocenters. The highest BCUT2D eigenvalue weighted by Crippen LogP contribution is 2.13. The fourth-order valence-electron chi connectivity index (χ4n) is 3.06. The first-order valence-corrected chi connectivity index (χ1v) is 8.05. The average Bonchev–Trinajstić information content (AvgIpc) is 2.47. The number of carbonyl (C=O) groups is 1. The molecule has 110 valence electrons. The van der Waals surface area contributed by atoms with Gasteiger partial charge in [-0.05, 0) is 45.2 Å². The molecular weight excluding hydrogens is 238 g/mol. The number of likely N-dealkylation sites (tertiary alicyclic amines) is 1. The van der Waals surface area contributed by atoms with Crippen LogP contribution in [-0.2, 0) is 4.79 Å². The normalized spacial score (nSPS) is 26.3. The van der Waals surface area contributed by atoms with Gasteiger partial charge >= 0.3 is 0 Å². The number of piperidine rings is 2. The fraction of sp³-hybridized carbons (Fsp3) is 0.933. The van der Waals surface area contributed by atoms with Crippen molar-refractivity contribution in [2.45, 2.75) is 64.0 Å². The van der Waals surface area contributed by atoms with Gasteiger partial charge in [-0.25, -0.2) is 0 Å². The average molecular weight is 267 g/mol. The Morgan fingerprint density at radius 3 is 2.68 bits per heavy atom. The molecule has 0 spiro atoms. The molecule has 0 aliphatic carbocycles. The van der Waals surface area contributed by atoms with Crippen molar-refractivity contribution in [3.63, 3.8) is 0 Å². The molecule has 4 heteroatoms. The molecule has 0 aromatic carbocycles. The third kappa shape index (κ3) is 4.77. The number of hydrogen-bond donors (Lipinski definition) is 2. The van der Waals surface area contributed by atoms with Crippen LogP contribution in [0.3, 0.4) is 0 Å². The maximum Gasteiger partial charge on any atom is 0.237 e. The lowest BCUT2D eigenvalue weighted by molar-refractivity contribution is -0.124. The van der Waals surface area contributed by atoms with Gasteiger partial charge in [0.1, 0.15) is 0 Å². The molecule has 2 N–H and O–H groups in total. The van der Waals surface area contributed by atoms with Gasteiger partial charge in [0.05, 0.1) is 6.04 Å². The van der Waals surface area contributed by atoms with Gasteiger partial charge < -0.3 is 15.5 Å². The molecule has 2 aliphatic heterocycles. The number of nitrogens with zero attached hydrogens (tertiary/aromatic N) is 1. The van der Waals surface area contributed by atoms with Crippen LogP contribution in [0.1, 0.15) is 51.9 Å². The van der Waals surface area contributed by atoms with Crippen molar-refractivity contribution in [3.8, 4) is 0 Å². The van der Waals surface area contributed by atoms with Crippen LogP contribution >= 0.6 is 0 Å². The van der Waals surface area contributed by atoms with Gasteiger partial charge in [0.15, 0.2) is 0 Å². The lowest BCUT2D eigenvalue weighted by atomic mass is 10.0. The zero-order chi connectivity index (χ0) is 13.5. The maximum absolute atomic E-state index is 12.1. The van der Waals surface area contributed by atoms with E-state index in [4.69, 9.17) is 0 Å². The Kier molecular flexibility index (Phi) is 6.11. The summed E-state index contributed by atoms with van der Waals surface area (Å²) >= 11 is 0. The molecule has 0 aromatic heterocycles. The lowest BCUT2D eigenvalue weighted by Crippen LogP contribution is -2.52. The number of rotatable bonds is 5. The summed E-state index contributed by atoms with van der Waals surface area (Å²) in [5.41, 5.74) is 0. The molecule has 0 aromatic rings. The van der Waals surface area contributed by atoms with E-state index < -0.39 is 0 Å². The zero-order valence-electron chi connectivity index (χ0n) is 12.3. The predicted octanol–water partition coefficient (Wildman–Crippen LogP) is 1.51. The Balaban J connectivity index is 1.65. The fourth-order valence-corrected chi connectivity index (χ4v) is 3.06. The zero-order valence-corrected chi connectivity index (χ0v) is 12.3. The van der Waals surface area contributed by atoms with Gasteiger partial charge in [0, 0.05) is 19.1 Å². The van der Waals surface area contributed by atoms with Crippen LogP contribution in [0.2, 0.25) is 0 Å². The van der Waals surface area contributed by atoms with Gasteiger partial charge in [0.2, 0.25) is 5.91 Å². The van der Waals surface area contributed by atoms with E-state index in [1.165, 1.54) is 32.2 Å². The first kappa shape index (κ1) is 14.8. The summed E-state index contributed by atoms with van der Waals surface area (Å²) in [7, 11) is 0. The number of amides is 1. The molecule has 0 bridgehead atoms. The van der Waals surface area contributed by atoms with Crippen molar-refractivity contribution >= 4 is 5.91 Å². The summed E-state index contributed by atoms with van der Waals surface area (Å²) < 4.78 is 0. The largest absolute Gasteiger partial charge is 0.352 e. The summed E-state index contributed by atoms with van der Waals surface area (Å²) in [5, 5.41) is 6.56. The SMILES string of the molecule is CCCCN1CCC(NC(=O)[C@H]2CCCCN2)CC1. The van der Waals surface area contributed by atoms with Crippen molar-refractivity contribution in [2.24, 2.45) is 0 Å². The van der Waals surface area contributed by atoms with Crippen LogP contribution in [0.4, 0.5) is 0 Å². The van der Waals surface area contributed by atoms with Crippen molar-refractivity contribution in [3.05, 3.63) is 0 Å². The minimum atomic E-state index is 0.0619. The van der Waals surface area contributed by atoms with Crippen LogP contribution in [0.25, 0.3) is 0 Å². The molecule has 0 unspecified atom stereocenters. The minimum absolute atomic E-state index is 0.0619. The Bertz CT molecular complexity index is 269. The Labute approximate surface area is 117 Å². The first-order valence-electron chi connectivity index (χ1n) is 8.05. The van der Waals surface area contributed by atoms with Crippen LogP contribution in [0.15, 0.2) is 0 Å². The molecule has 2 saturated heterocycles. The van der Waals surface area contributed by atoms with Crippen molar-refractivity contribution in [1.82, 2.24) is 15.5 Å². The quantitative estimate of drug-likeness (QED) is 0.793. The molecule has 0 radical (unpaired) electrons. The van der Waals surface area contributed by atoms with Crippen molar-refractivity contribution in [2.75, 3.05) is 26.2 Å². The number of nitrogens with one attached hydrogen (secondary N) is 2. The van der Waals surface area contributed by atoms with Gasteiger partial charge in [-0.1, -0.05) is 19.8 Å². The molecule has 1 amide bonds. The van der Waals surface area contributed by atoms with E-state index in [0.717, 1.165) is 38.9 Å². The number of carbonyl (C=O) groups excluding carboxylic acids is 1. The second kappa shape index (κ2) is 7.85. The number of unbranched alkanes of at least 4 members (excludes halogenated alkanes) is 1. The van der Waals surface area contributed by atoms with Crippen molar-refractivity contribution < 1.29 is 4.79 Å². The summed E-state index contributed by atoms with van der Waals surface area (Å²) in [4.78, 5) is 14.7. The predicted molar refractivity (Wildman–Crippen MR) is 78.2 cm³/mol. The van der Waals surface area contributed by atoms with Gasteiger partial charge in [-0.3, -0.25) is 4.79 Å². The summed E-state index contributed by atoms with van der Waals surface area (Å²) in [5.74, 6) is 0.228. The van der Waals surface area contributed by atoms with Gasteiger partial charge in [-0.2, -0.15) is 0 Å². The summed E-state index contributed by atoms with van der Waals surface area (Å²) in [6.45, 7) is 6.74. The maximum atomic E-state index is 12.1. The monoisotopic (exact) mass is 267 g/mol. The van der Waals surface area contributed by atoms with Crippen LogP contribution in [0.5, 0.6) is 0 Å². The van der Waals surface area contributed by atoms with E-state index in [0.29, 0.717) is 6.04 Å². The molecular formula is C15H29N3O. The molecule has 19 heavy (non-hydrogen) atoms. The molecule has 4 nitrogen and oxygen atoms in total. The van der Waals surface area contributed by atoms with E-state index in [1.807, 2.05) is 0 Å². The van der Waals surface area contributed by atoms with Crippen LogP contribution in [-0.4, -0.2) is 49.1 Å². The third-order valence-corrected chi connectivity index (χ3v) is 4.39. The minimum Gasteiger partial charge on any atom is -0.352 e. The highest BCUT2D eigenvalue weighted by molar-refractivity contribution is 5.82. The highest BCUT2D eigenvalue weighted by atomic mass is 16.2. The van der Waals surface area contributed by atoms with E-state index in [-0.39, 0.29) is 11.9 Å². The second-order valence-corrected chi connectivity index (χ2v) is 5.98. The molecule has 2 aliphatic rings. The second-order valence-electron chi connectivity index (χ2n) is 5.98. The number of hydrogen-bond acceptors (Lipinski definition) is 3. The Morgan fingerprint density at radius 1 is 1.26 bits per heavy atom. The highest BCUT2D eigenvalue weighted by Gasteiger charge is 2.25. The van der Waals surface area contributed by atoms with E-state index in [2.05, 4.69) is 22.5 Å². The van der Waals surface area contributed by atoms with Gasteiger partial charge in [0.25, 0.3) is 0 Å². The smallest absolute Gasteiger partial charge is 0.237 e. The summed E-state index contributed by atoms with van der Waals surface area (Å²) in [6, 6.07) is 0.459. The molecule has 0 saturated carbocycles. The third-order valence-electron chi connectivity index (χ3n) is 4.39. The first-order chi connectivity index (χ1) is 9.29. The van der Waals surface area contributed by atoms with Crippen LogP contribution < -0.4 is 10.6 Å². The van der Waals surface area contributed by atoms with Crippen LogP contribution in [0, 0.1) is 0 Å². The van der Waals surface area contributed by atoms with E-state index >= 15 is 0 Å².